The largest absolute Gasteiger partial charge is 0.396 e. The molecule has 0 aromatic carbocycles. The summed E-state index contributed by atoms with van der Waals surface area (Å²) in [7, 11) is 1.57. The van der Waals surface area contributed by atoms with Crippen LogP contribution in [0.2, 0.25) is 0 Å². The molecule has 0 aromatic heterocycles. The van der Waals surface area contributed by atoms with Crippen molar-refractivity contribution in [2.24, 2.45) is 11.8 Å². The number of aliphatic hydroxyl groups excluding tert-OH is 1. The van der Waals surface area contributed by atoms with Crippen LogP contribution in [0.3, 0.4) is 0 Å². The number of ether oxygens (including phenoxy) is 1. The molecular formula is C14H24N2O4. The number of aliphatic hydroxyl groups is 1. The molecule has 1 heterocycles. The average molecular weight is 284 g/mol. The van der Waals surface area contributed by atoms with E-state index >= 15 is 0 Å². The molecule has 0 aromatic rings. The fraction of sp³-hybridized carbons (Fsp3) is 0.857. The minimum absolute atomic E-state index is 0.0455. The highest BCUT2D eigenvalue weighted by Crippen LogP contribution is 2.29. The summed E-state index contributed by atoms with van der Waals surface area (Å²) in [6.07, 6.45) is 3.01. The summed E-state index contributed by atoms with van der Waals surface area (Å²) in [4.78, 5) is 25.6. The third-order valence-corrected chi connectivity index (χ3v) is 4.14. The zero-order chi connectivity index (χ0) is 14.5. The van der Waals surface area contributed by atoms with E-state index in [1.54, 1.807) is 12.0 Å². The van der Waals surface area contributed by atoms with E-state index in [1.807, 2.05) is 0 Å². The Balaban J connectivity index is 1.88. The van der Waals surface area contributed by atoms with Gasteiger partial charge >= 0.3 is 0 Å². The Morgan fingerprint density at radius 2 is 2.10 bits per heavy atom. The van der Waals surface area contributed by atoms with Gasteiger partial charge in [-0.05, 0) is 19.3 Å². The lowest BCUT2D eigenvalue weighted by molar-refractivity contribution is -0.135. The first-order valence-corrected chi connectivity index (χ1v) is 7.33. The van der Waals surface area contributed by atoms with Crippen molar-refractivity contribution in [2.75, 3.05) is 33.4 Å². The second-order valence-corrected chi connectivity index (χ2v) is 5.70. The summed E-state index contributed by atoms with van der Waals surface area (Å²) in [5.74, 6) is 0.312. The van der Waals surface area contributed by atoms with Gasteiger partial charge in [-0.3, -0.25) is 9.59 Å². The molecule has 1 aliphatic carbocycles. The van der Waals surface area contributed by atoms with Gasteiger partial charge in [-0.2, -0.15) is 0 Å². The van der Waals surface area contributed by atoms with Gasteiger partial charge < -0.3 is 20.1 Å². The van der Waals surface area contributed by atoms with Crippen molar-refractivity contribution >= 4 is 11.8 Å². The SMILES string of the molecule is COCCC(=O)N1CC[C@H](CO)[C@H](NC(=O)C2CC2)C1. The maximum absolute atomic E-state index is 12.0. The number of carbonyl (C=O) groups is 2. The van der Waals surface area contributed by atoms with E-state index < -0.39 is 0 Å². The molecule has 2 amide bonds. The Bertz CT molecular complexity index is 357. The molecule has 6 nitrogen and oxygen atoms in total. The zero-order valence-electron chi connectivity index (χ0n) is 12.0. The summed E-state index contributed by atoms with van der Waals surface area (Å²) >= 11 is 0. The number of nitrogens with zero attached hydrogens (tertiary/aromatic N) is 1. The van der Waals surface area contributed by atoms with Crippen LogP contribution in [0.4, 0.5) is 0 Å². The summed E-state index contributed by atoms with van der Waals surface area (Å²) < 4.78 is 4.92. The van der Waals surface area contributed by atoms with Crippen LogP contribution in [-0.4, -0.2) is 61.3 Å². The van der Waals surface area contributed by atoms with E-state index in [9.17, 15) is 14.7 Å². The lowest BCUT2D eigenvalue weighted by Crippen LogP contribution is -2.55. The van der Waals surface area contributed by atoms with Gasteiger partial charge in [0.2, 0.25) is 11.8 Å². The van der Waals surface area contributed by atoms with Gasteiger partial charge in [-0.15, -0.1) is 0 Å². The van der Waals surface area contributed by atoms with Gasteiger partial charge in [0.25, 0.3) is 0 Å². The molecule has 2 rings (SSSR count). The molecule has 114 valence electrons. The third-order valence-electron chi connectivity index (χ3n) is 4.14. The first-order valence-electron chi connectivity index (χ1n) is 7.33. The fourth-order valence-electron chi connectivity index (χ4n) is 2.60. The van der Waals surface area contributed by atoms with E-state index in [0.717, 1.165) is 19.3 Å². The Kier molecular flexibility index (Phi) is 5.37. The molecule has 20 heavy (non-hydrogen) atoms. The highest BCUT2D eigenvalue weighted by atomic mass is 16.5. The maximum Gasteiger partial charge on any atom is 0.224 e. The summed E-state index contributed by atoms with van der Waals surface area (Å²) in [5.41, 5.74) is 0. The number of carbonyl (C=O) groups excluding carboxylic acids is 2. The minimum Gasteiger partial charge on any atom is -0.396 e. The number of methoxy groups -OCH3 is 1. The van der Waals surface area contributed by atoms with E-state index in [0.29, 0.717) is 26.1 Å². The predicted molar refractivity (Wildman–Crippen MR) is 72.9 cm³/mol. The highest BCUT2D eigenvalue weighted by Gasteiger charge is 2.36. The fourth-order valence-corrected chi connectivity index (χ4v) is 2.60. The highest BCUT2D eigenvalue weighted by molar-refractivity contribution is 5.81. The van der Waals surface area contributed by atoms with Crippen LogP contribution in [0.1, 0.15) is 25.7 Å². The van der Waals surface area contributed by atoms with E-state index in [2.05, 4.69) is 5.32 Å². The van der Waals surface area contributed by atoms with Gasteiger partial charge in [0, 0.05) is 38.6 Å². The standard InChI is InChI=1S/C14H24N2O4/c1-20-7-5-13(18)16-6-4-11(9-17)12(8-16)15-14(19)10-2-3-10/h10-12,17H,2-9H2,1H3,(H,15,19)/t11-,12-/m1/s1. The van der Waals surface area contributed by atoms with Crippen LogP contribution in [0, 0.1) is 11.8 Å². The van der Waals surface area contributed by atoms with Crippen LogP contribution in [0.15, 0.2) is 0 Å². The topological polar surface area (TPSA) is 78.9 Å². The number of hydrogen-bond donors (Lipinski definition) is 2. The second kappa shape index (κ2) is 7.04. The van der Waals surface area contributed by atoms with Gasteiger partial charge in [0.05, 0.1) is 19.1 Å². The summed E-state index contributed by atoms with van der Waals surface area (Å²) in [6.45, 7) is 1.60. The molecule has 2 N–H and O–H groups in total. The molecule has 1 saturated heterocycles. The lowest BCUT2D eigenvalue weighted by Gasteiger charge is -2.38. The number of hydrogen-bond acceptors (Lipinski definition) is 4. The number of likely N-dealkylation sites (tertiary alicyclic amines) is 1. The Morgan fingerprint density at radius 1 is 1.35 bits per heavy atom. The van der Waals surface area contributed by atoms with Crippen molar-refractivity contribution in [3.8, 4) is 0 Å². The van der Waals surface area contributed by atoms with Gasteiger partial charge in [-0.1, -0.05) is 0 Å². The lowest BCUT2D eigenvalue weighted by atomic mass is 9.92. The smallest absolute Gasteiger partial charge is 0.224 e. The average Bonchev–Trinajstić information content (AvgIpc) is 3.29. The number of piperidine rings is 1. The molecule has 0 unspecified atom stereocenters. The molecule has 0 bridgehead atoms. The second-order valence-electron chi connectivity index (χ2n) is 5.70. The van der Waals surface area contributed by atoms with Crippen molar-refractivity contribution < 1.29 is 19.4 Å². The van der Waals surface area contributed by atoms with Gasteiger partial charge in [-0.25, -0.2) is 0 Å². The van der Waals surface area contributed by atoms with Crippen molar-refractivity contribution in [1.82, 2.24) is 10.2 Å². The van der Waals surface area contributed by atoms with Crippen molar-refractivity contribution in [1.29, 1.82) is 0 Å². The van der Waals surface area contributed by atoms with Crippen LogP contribution in [0.5, 0.6) is 0 Å². The monoisotopic (exact) mass is 284 g/mol. The molecule has 2 aliphatic rings. The first-order chi connectivity index (χ1) is 9.65. The van der Waals surface area contributed by atoms with Crippen molar-refractivity contribution in [3.63, 3.8) is 0 Å². The summed E-state index contributed by atoms with van der Waals surface area (Å²) in [5, 5.41) is 12.4. The molecule has 6 heteroatoms. The van der Waals surface area contributed by atoms with Crippen LogP contribution in [-0.2, 0) is 14.3 Å². The molecule has 1 aliphatic heterocycles. The quantitative estimate of drug-likeness (QED) is 0.705. The third kappa shape index (κ3) is 3.93. The van der Waals surface area contributed by atoms with Crippen molar-refractivity contribution in [3.05, 3.63) is 0 Å². The number of amides is 2. The number of rotatable bonds is 6. The Hall–Kier alpha value is -1.14. The molecule has 2 atom stereocenters. The van der Waals surface area contributed by atoms with E-state index in [-0.39, 0.29) is 36.3 Å². The van der Waals surface area contributed by atoms with Gasteiger partial charge in [0.1, 0.15) is 0 Å². The van der Waals surface area contributed by atoms with Crippen LogP contribution >= 0.6 is 0 Å². The minimum atomic E-state index is -0.131. The van der Waals surface area contributed by atoms with Gasteiger partial charge in [0.15, 0.2) is 0 Å². The maximum atomic E-state index is 12.0. The first kappa shape index (κ1) is 15.3. The molecule has 1 saturated carbocycles. The molecule has 0 spiro atoms. The molecule has 0 radical (unpaired) electrons. The zero-order valence-corrected chi connectivity index (χ0v) is 12.0. The van der Waals surface area contributed by atoms with E-state index in [1.165, 1.54) is 0 Å². The van der Waals surface area contributed by atoms with Crippen LogP contribution < -0.4 is 5.32 Å². The normalized spacial score (nSPS) is 26.4. The van der Waals surface area contributed by atoms with Crippen LogP contribution in [0.25, 0.3) is 0 Å². The summed E-state index contributed by atoms with van der Waals surface area (Å²) in [6, 6.07) is -0.131. The van der Waals surface area contributed by atoms with Crippen molar-refractivity contribution in [2.45, 2.75) is 31.7 Å². The molecular weight excluding hydrogens is 260 g/mol. The predicted octanol–water partition coefficient (Wildman–Crippen LogP) is -0.241. The Labute approximate surface area is 119 Å². The molecule has 2 fully saturated rings. The van der Waals surface area contributed by atoms with E-state index in [4.69, 9.17) is 4.74 Å². The number of nitrogens with one attached hydrogen (secondary N) is 1. The Morgan fingerprint density at radius 3 is 2.70 bits per heavy atom.